The van der Waals surface area contributed by atoms with Crippen LogP contribution < -0.4 is 5.32 Å². The van der Waals surface area contributed by atoms with Crippen molar-refractivity contribution in [2.45, 2.75) is 38.5 Å². The maximum atomic E-state index is 13.8. The second-order valence-corrected chi connectivity index (χ2v) is 9.33. The minimum atomic E-state index is -0.490. The number of ether oxygens (including phenoxy) is 2. The van der Waals surface area contributed by atoms with E-state index < -0.39 is 11.9 Å². The summed E-state index contributed by atoms with van der Waals surface area (Å²) in [5.74, 6) is -0.730. The molecule has 3 aromatic carbocycles. The quantitative estimate of drug-likeness (QED) is 0.342. The molecule has 1 N–H and O–H groups in total. The van der Waals surface area contributed by atoms with E-state index in [1.807, 2.05) is 56.3 Å². The van der Waals surface area contributed by atoms with Crippen LogP contribution in [0.4, 0.5) is 0 Å². The van der Waals surface area contributed by atoms with Crippen LogP contribution in [0.1, 0.15) is 49.7 Å². The van der Waals surface area contributed by atoms with Crippen molar-refractivity contribution in [3.63, 3.8) is 0 Å². The van der Waals surface area contributed by atoms with E-state index in [1.165, 1.54) is 0 Å². The van der Waals surface area contributed by atoms with Crippen molar-refractivity contribution >= 4 is 22.5 Å². The standard InChI is InChI=1S/C31H31NO4/c1-3-35-16-17-36-31(34)28-20(2)32-26-18-23(21-10-5-4-6-11-21)19-27(33)30(26)29(28)25-15-9-13-22-12-7-8-14-24(22)25/h4-15,23,29,32H,3,16-19H2,1-2H3/t23-,29+/m0/s1. The highest BCUT2D eigenvalue weighted by Gasteiger charge is 2.41. The molecule has 0 aromatic heterocycles. The molecule has 0 saturated carbocycles. The third-order valence-corrected chi connectivity index (χ3v) is 7.12. The molecule has 2 atom stereocenters. The average molecular weight is 482 g/mol. The Morgan fingerprint density at radius 1 is 0.944 bits per heavy atom. The van der Waals surface area contributed by atoms with Gasteiger partial charge in [-0.05, 0) is 48.1 Å². The van der Waals surface area contributed by atoms with Gasteiger partial charge in [0.1, 0.15) is 6.61 Å². The number of hydrogen-bond acceptors (Lipinski definition) is 5. The molecule has 0 spiro atoms. The summed E-state index contributed by atoms with van der Waals surface area (Å²) in [4.78, 5) is 27.3. The van der Waals surface area contributed by atoms with E-state index in [-0.39, 0.29) is 18.3 Å². The highest BCUT2D eigenvalue weighted by atomic mass is 16.6. The largest absolute Gasteiger partial charge is 0.460 e. The van der Waals surface area contributed by atoms with Crippen LogP contribution in [0.25, 0.3) is 10.8 Å². The van der Waals surface area contributed by atoms with Gasteiger partial charge in [-0.3, -0.25) is 4.79 Å². The molecule has 0 unspecified atom stereocenters. The Labute approximate surface area is 211 Å². The molecule has 1 aliphatic carbocycles. The molecule has 0 radical (unpaired) electrons. The Morgan fingerprint density at radius 3 is 2.50 bits per heavy atom. The van der Waals surface area contributed by atoms with Crippen molar-refractivity contribution in [3.05, 3.63) is 106 Å². The van der Waals surface area contributed by atoms with Gasteiger partial charge < -0.3 is 14.8 Å². The molecule has 0 fully saturated rings. The Kier molecular flexibility index (Phi) is 7.01. The van der Waals surface area contributed by atoms with Crippen LogP contribution >= 0.6 is 0 Å². The fourth-order valence-electron chi connectivity index (χ4n) is 5.50. The zero-order chi connectivity index (χ0) is 25.1. The minimum absolute atomic E-state index is 0.0719. The maximum absolute atomic E-state index is 13.8. The summed E-state index contributed by atoms with van der Waals surface area (Å²) >= 11 is 0. The van der Waals surface area contributed by atoms with Crippen molar-refractivity contribution < 1.29 is 19.1 Å². The highest BCUT2D eigenvalue weighted by Crippen LogP contribution is 2.47. The summed E-state index contributed by atoms with van der Waals surface area (Å²) in [6.07, 6.45) is 1.13. The normalized spacial score (nSPS) is 19.8. The molecular weight excluding hydrogens is 450 g/mol. The predicted octanol–water partition coefficient (Wildman–Crippen LogP) is 5.78. The minimum Gasteiger partial charge on any atom is -0.460 e. The van der Waals surface area contributed by atoms with E-state index in [4.69, 9.17) is 9.47 Å². The predicted molar refractivity (Wildman–Crippen MR) is 140 cm³/mol. The van der Waals surface area contributed by atoms with Crippen LogP contribution in [0.2, 0.25) is 0 Å². The number of nitrogens with one attached hydrogen (secondary N) is 1. The number of fused-ring (bicyclic) bond motifs is 1. The fraction of sp³-hybridized carbons (Fsp3) is 0.290. The Morgan fingerprint density at radius 2 is 1.69 bits per heavy atom. The van der Waals surface area contributed by atoms with Crippen molar-refractivity contribution in [1.29, 1.82) is 0 Å². The maximum Gasteiger partial charge on any atom is 0.336 e. The molecular formula is C31H31NO4. The summed E-state index contributed by atoms with van der Waals surface area (Å²) < 4.78 is 11.0. The van der Waals surface area contributed by atoms with Crippen LogP contribution in [0.3, 0.4) is 0 Å². The summed E-state index contributed by atoms with van der Waals surface area (Å²) in [5, 5.41) is 5.54. The molecule has 0 bridgehead atoms. The van der Waals surface area contributed by atoms with E-state index in [2.05, 4.69) is 35.6 Å². The van der Waals surface area contributed by atoms with Crippen molar-refractivity contribution in [2.75, 3.05) is 19.8 Å². The van der Waals surface area contributed by atoms with Gasteiger partial charge in [-0.1, -0.05) is 72.8 Å². The number of rotatable bonds is 7. The number of ketones is 1. The molecule has 5 rings (SSSR count). The number of carbonyl (C=O) groups is 2. The molecule has 1 aliphatic heterocycles. The summed E-state index contributed by atoms with van der Waals surface area (Å²) in [6.45, 7) is 4.88. The molecule has 0 amide bonds. The second-order valence-electron chi connectivity index (χ2n) is 9.33. The molecule has 5 heteroatoms. The molecule has 184 valence electrons. The van der Waals surface area contributed by atoms with E-state index in [9.17, 15) is 9.59 Å². The number of allylic oxidation sites excluding steroid dienone is 3. The first-order valence-electron chi connectivity index (χ1n) is 12.6. The Balaban J connectivity index is 1.60. The number of carbonyl (C=O) groups excluding carboxylic acids is 2. The summed E-state index contributed by atoms with van der Waals surface area (Å²) in [6, 6.07) is 24.4. The van der Waals surface area contributed by atoms with E-state index >= 15 is 0 Å². The number of benzene rings is 3. The second kappa shape index (κ2) is 10.5. The number of hydrogen-bond donors (Lipinski definition) is 1. The van der Waals surface area contributed by atoms with Gasteiger partial charge in [0.25, 0.3) is 0 Å². The molecule has 1 heterocycles. The van der Waals surface area contributed by atoms with Gasteiger partial charge in [-0.25, -0.2) is 4.79 Å². The first kappa shape index (κ1) is 24.0. The SMILES string of the molecule is CCOCCOC(=O)C1=C(C)NC2=C(C(=O)C[C@@H](c3ccccc3)C2)[C@@H]1c1cccc2ccccc12. The summed E-state index contributed by atoms with van der Waals surface area (Å²) in [7, 11) is 0. The van der Waals surface area contributed by atoms with Crippen molar-refractivity contribution in [3.8, 4) is 0 Å². The third-order valence-electron chi connectivity index (χ3n) is 7.12. The molecule has 2 aliphatic rings. The van der Waals surface area contributed by atoms with Crippen LogP contribution in [-0.4, -0.2) is 31.6 Å². The third kappa shape index (κ3) is 4.59. The molecule has 3 aromatic rings. The lowest BCUT2D eigenvalue weighted by atomic mass is 9.71. The van der Waals surface area contributed by atoms with Gasteiger partial charge in [-0.15, -0.1) is 0 Å². The van der Waals surface area contributed by atoms with E-state index in [0.29, 0.717) is 30.8 Å². The lowest BCUT2D eigenvalue weighted by Crippen LogP contribution is -2.36. The summed E-state index contributed by atoms with van der Waals surface area (Å²) in [5.41, 5.74) is 4.92. The zero-order valence-corrected chi connectivity index (χ0v) is 20.8. The average Bonchev–Trinajstić information content (AvgIpc) is 2.90. The van der Waals surface area contributed by atoms with Gasteiger partial charge in [0, 0.05) is 35.9 Å². The van der Waals surface area contributed by atoms with Crippen molar-refractivity contribution in [1.82, 2.24) is 5.32 Å². The van der Waals surface area contributed by atoms with E-state index in [1.54, 1.807) is 0 Å². The fourth-order valence-corrected chi connectivity index (χ4v) is 5.50. The number of dihydropyridines is 1. The van der Waals surface area contributed by atoms with Crippen LogP contribution in [0, 0.1) is 0 Å². The molecule has 5 nitrogen and oxygen atoms in total. The van der Waals surface area contributed by atoms with Gasteiger partial charge in [-0.2, -0.15) is 0 Å². The smallest absolute Gasteiger partial charge is 0.336 e. The lowest BCUT2D eigenvalue weighted by molar-refractivity contribution is -0.140. The van der Waals surface area contributed by atoms with Crippen molar-refractivity contribution in [2.24, 2.45) is 0 Å². The Hall–Kier alpha value is -3.70. The van der Waals surface area contributed by atoms with Crippen LogP contribution in [-0.2, 0) is 19.1 Å². The first-order valence-corrected chi connectivity index (χ1v) is 12.6. The van der Waals surface area contributed by atoms with Crippen LogP contribution in [0.5, 0.6) is 0 Å². The first-order chi connectivity index (χ1) is 17.6. The number of Topliss-reactive ketones (excluding diaryl/α,β-unsaturated/α-hetero) is 1. The van der Waals surface area contributed by atoms with Gasteiger partial charge in [0.15, 0.2) is 5.78 Å². The molecule has 0 saturated heterocycles. The van der Waals surface area contributed by atoms with Gasteiger partial charge in [0.2, 0.25) is 0 Å². The number of esters is 1. The van der Waals surface area contributed by atoms with Gasteiger partial charge >= 0.3 is 5.97 Å². The zero-order valence-electron chi connectivity index (χ0n) is 20.8. The van der Waals surface area contributed by atoms with Crippen LogP contribution in [0.15, 0.2) is 95.3 Å². The highest BCUT2D eigenvalue weighted by molar-refractivity contribution is 6.05. The topological polar surface area (TPSA) is 64.6 Å². The Bertz CT molecular complexity index is 1350. The lowest BCUT2D eigenvalue weighted by Gasteiger charge is -2.37. The van der Waals surface area contributed by atoms with Gasteiger partial charge in [0.05, 0.1) is 12.2 Å². The van der Waals surface area contributed by atoms with E-state index in [0.717, 1.165) is 39.7 Å². The monoisotopic (exact) mass is 481 g/mol. The molecule has 36 heavy (non-hydrogen) atoms.